The van der Waals surface area contributed by atoms with Gasteiger partial charge in [-0.2, -0.15) is 18.3 Å². The number of fused-ring (bicyclic) bond motifs is 1. The number of amides is 2. The smallest absolute Gasteiger partial charge is 0.382 e. The summed E-state index contributed by atoms with van der Waals surface area (Å²) in [6.45, 7) is 0.681. The number of nitrogen functional groups attached to an aromatic ring is 1. The lowest BCUT2D eigenvalue weighted by Crippen LogP contribution is -2.42. The normalized spacial score (nSPS) is 22.4. The molecule has 3 N–H and O–H groups in total. The van der Waals surface area contributed by atoms with Gasteiger partial charge in [-0.15, -0.1) is 0 Å². The molecule has 1 aliphatic heterocycles. The quantitative estimate of drug-likeness (QED) is 0.466. The second-order valence-electron chi connectivity index (χ2n) is 9.54. The monoisotopic (exact) mass is 558 g/mol. The summed E-state index contributed by atoms with van der Waals surface area (Å²) in [5.74, 6) is -7.89. The van der Waals surface area contributed by atoms with Crippen molar-refractivity contribution in [2.45, 2.75) is 44.1 Å². The standard InChI is InChI=1S/C24H21F7N6O2/c1-2-11-12(21(38)35-17-8-36(7-16(17)26)22(39)14-6-23(14,27)28)3-10(4-15(11)25)18-5-13(24(29,30)31)19-20(32)33-9-34-37(18)19/h3-5,9,14,16-17H,2,6-8H2,1H3,(H,35,38)(H2,32,33,34)/t14?,16-,17+/m0/s1. The molecule has 2 fully saturated rings. The van der Waals surface area contributed by atoms with Gasteiger partial charge in [0.05, 0.1) is 23.8 Å². The molecule has 15 heteroatoms. The van der Waals surface area contributed by atoms with E-state index in [1.165, 1.54) is 0 Å². The molecular formula is C24H21F7N6O2. The van der Waals surface area contributed by atoms with E-state index in [1.807, 2.05) is 0 Å². The van der Waals surface area contributed by atoms with Crippen LogP contribution in [0.2, 0.25) is 0 Å². The van der Waals surface area contributed by atoms with Crippen LogP contribution >= 0.6 is 0 Å². The molecule has 1 saturated carbocycles. The van der Waals surface area contributed by atoms with Gasteiger partial charge < -0.3 is 16.0 Å². The van der Waals surface area contributed by atoms with E-state index in [1.54, 1.807) is 6.92 Å². The summed E-state index contributed by atoms with van der Waals surface area (Å²) in [7, 11) is 0. The number of anilines is 1. The lowest BCUT2D eigenvalue weighted by atomic mass is 9.98. The lowest BCUT2D eigenvalue weighted by Gasteiger charge is -2.18. The van der Waals surface area contributed by atoms with Gasteiger partial charge in [0.25, 0.3) is 11.8 Å². The zero-order chi connectivity index (χ0) is 28.4. The molecule has 3 heterocycles. The third-order valence-electron chi connectivity index (χ3n) is 6.98. The maximum atomic E-state index is 15.1. The van der Waals surface area contributed by atoms with Crippen LogP contribution in [-0.2, 0) is 17.4 Å². The van der Waals surface area contributed by atoms with Crippen LogP contribution in [-0.4, -0.2) is 62.5 Å². The molecule has 39 heavy (non-hydrogen) atoms. The molecule has 1 aromatic carbocycles. The number of carbonyl (C=O) groups is 2. The molecule has 1 unspecified atom stereocenters. The van der Waals surface area contributed by atoms with Gasteiger partial charge in [0.2, 0.25) is 5.91 Å². The maximum absolute atomic E-state index is 15.1. The molecule has 2 aliphatic rings. The predicted molar refractivity (Wildman–Crippen MR) is 123 cm³/mol. The van der Waals surface area contributed by atoms with Crippen LogP contribution in [0.4, 0.5) is 36.6 Å². The van der Waals surface area contributed by atoms with E-state index in [2.05, 4.69) is 15.4 Å². The third-order valence-corrected chi connectivity index (χ3v) is 6.98. The number of aromatic nitrogens is 3. The second kappa shape index (κ2) is 9.09. The molecule has 3 atom stereocenters. The van der Waals surface area contributed by atoms with E-state index >= 15 is 4.39 Å². The first kappa shape index (κ1) is 26.7. The van der Waals surface area contributed by atoms with Crippen LogP contribution < -0.4 is 11.1 Å². The van der Waals surface area contributed by atoms with Gasteiger partial charge >= 0.3 is 6.18 Å². The third kappa shape index (κ3) is 4.63. The number of carbonyl (C=O) groups excluding carboxylic acids is 2. The molecule has 1 saturated heterocycles. The first-order valence-electron chi connectivity index (χ1n) is 11.9. The zero-order valence-electron chi connectivity index (χ0n) is 20.2. The SMILES string of the molecule is CCc1c(F)cc(-c2cc(C(F)(F)F)c3c(N)ncnn23)cc1C(=O)N[C@@H]1CN(C(=O)C2CC2(F)F)C[C@@H]1F. The van der Waals surface area contributed by atoms with Gasteiger partial charge in [0.1, 0.15) is 29.8 Å². The lowest BCUT2D eigenvalue weighted by molar-refractivity contribution is -0.136. The highest BCUT2D eigenvalue weighted by atomic mass is 19.4. The van der Waals surface area contributed by atoms with E-state index in [0.717, 1.165) is 27.9 Å². The number of nitrogens with one attached hydrogen (secondary N) is 1. The average molecular weight is 558 g/mol. The Morgan fingerprint density at radius 1 is 1.21 bits per heavy atom. The molecular weight excluding hydrogens is 537 g/mol. The van der Waals surface area contributed by atoms with Crippen molar-refractivity contribution in [1.29, 1.82) is 0 Å². The first-order chi connectivity index (χ1) is 18.2. The molecule has 3 aromatic rings. The summed E-state index contributed by atoms with van der Waals surface area (Å²) in [4.78, 5) is 29.9. The molecule has 2 aromatic heterocycles. The van der Waals surface area contributed by atoms with Crippen LogP contribution in [0.5, 0.6) is 0 Å². The number of rotatable bonds is 5. The fraction of sp³-hybridized carbons (Fsp3) is 0.417. The fourth-order valence-corrected chi connectivity index (χ4v) is 4.86. The Morgan fingerprint density at radius 3 is 2.51 bits per heavy atom. The van der Waals surface area contributed by atoms with E-state index < -0.39 is 77.7 Å². The molecule has 5 rings (SSSR count). The molecule has 8 nitrogen and oxygen atoms in total. The second-order valence-corrected chi connectivity index (χ2v) is 9.54. The van der Waals surface area contributed by atoms with Crippen molar-refractivity contribution in [2.75, 3.05) is 18.8 Å². The number of hydrogen-bond acceptors (Lipinski definition) is 5. The van der Waals surface area contributed by atoms with Crippen molar-refractivity contribution in [2.24, 2.45) is 5.92 Å². The highest BCUT2D eigenvalue weighted by Gasteiger charge is 2.63. The molecule has 0 radical (unpaired) electrons. The van der Waals surface area contributed by atoms with E-state index in [9.17, 15) is 35.9 Å². The minimum Gasteiger partial charge on any atom is -0.382 e. The van der Waals surface area contributed by atoms with Crippen LogP contribution in [0.1, 0.15) is 34.8 Å². The van der Waals surface area contributed by atoms with E-state index in [-0.39, 0.29) is 35.3 Å². The Kier molecular flexibility index (Phi) is 6.22. The minimum absolute atomic E-state index is 0.0117. The highest BCUT2D eigenvalue weighted by molar-refractivity contribution is 5.97. The number of alkyl halides is 6. The molecule has 2 amide bonds. The van der Waals surface area contributed by atoms with Crippen molar-refractivity contribution in [1.82, 2.24) is 24.8 Å². The van der Waals surface area contributed by atoms with Crippen molar-refractivity contribution in [3.05, 3.63) is 47.0 Å². The van der Waals surface area contributed by atoms with Crippen LogP contribution in [0.3, 0.4) is 0 Å². The Hall–Kier alpha value is -3.91. The van der Waals surface area contributed by atoms with Crippen LogP contribution in [0, 0.1) is 11.7 Å². The summed E-state index contributed by atoms with van der Waals surface area (Å²) in [6, 6.07) is 1.53. The van der Waals surface area contributed by atoms with Gasteiger partial charge in [0.15, 0.2) is 5.82 Å². The van der Waals surface area contributed by atoms with Crippen LogP contribution in [0.15, 0.2) is 24.5 Å². The number of nitrogens with two attached hydrogens (primary N) is 1. The first-order valence-corrected chi connectivity index (χ1v) is 11.9. The Morgan fingerprint density at radius 2 is 1.90 bits per heavy atom. The Labute approximate surface area is 216 Å². The number of halogens is 7. The summed E-state index contributed by atoms with van der Waals surface area (Å²) >= 11 is 0. The van der Waals surface area contributed by atoms with Crippen LogP contribution in [0.25, 0.3) is 16.8 Å². The molecule has 0 bridgehead atoms. The average Bonchev–Trinajstić information content (AvgIpc) is 3.15. The van der Waals surface area contributed by atoms with Gasteiger partial charge in [-0.25, -0.2) is 27.1 Å². The van der Waals surface area contributed by atoms with Crippen molar-refractivity contribution < 1.29 is 40.3 Å². The van der Waals surface area contributed by atoms with E-state index in [4.69, 9.17) is 5.73 Å². The molecule has 1 aliphatic carbocycles. The number of likely N-dealkylation sites (tertiary alicyclic amines) is 1. The zero-order valence-corrected chi connectivity index (χ0v) is 20.2. The van der Waals surface area contributed by atoms with Crippen molar-refractivity contribution in [3.63, 3.8) is 0 Å². The minimum atomic E-state index is -4.85. The Balaban J connectivity index is 1.48. The van der Waals surface area contributed by atoms with Gasteiger partial charge in [-0.3, -0.25) is 9.59 Å². The summed E-state index contributed by atoms with van der Waals surface area (Å²) in [5.41, 5.74) is 3.21. The topological polar surface area (TPSA) is 106 Å². The Bertz CT molecular complexity index is 1490. The predicted octanol–water partition coefficient (Wildman–Crippen LogP) is 3.63. The van der Waals surface area contributed by atoms with Gasteiger partial charge in [0, 0.05) is 29.7 Å². The van der Waals surface area contributed by atoms with Gasteiger partial charge in [-0.1, -0.05) is 6.92 Å². The van der Waals surface area contributed by atoms with Crippen molar-refractivity contribution >= 4 is 23.1 Å². The summed E-state index contributed by atoms with van der Waals surface area (Å²) in [6.07, 6.45) is -6.31. The highest BCUT2D eigenvalue weighted by Crippen LogP contribution is 2.50. The number of benzene rings is 1. The summed E-state index contributed by atoms with van der Waals surface area (Å²) in [5, 5.41) is 6.18. The maximum Gasteiger partial charge on any atom is 0.418 e. The molecule has 0 spiro atoms. The van der Waals surface area contributed by atoms with Crippen molar-refractivity contribution in [3.8, 4) is 11.3 Å². The van der Waals surface area contributed by atoms with Gasteiger partial charge in [-0.05, 0) is 24.6 Å². The number of nitrogens with zero attached hydrogens (tertiary/aromatic N) is 4. The summed E-state index contributed by atoms with van der Waals surface area (Å²) < 4.78 is 98.4. The molecule has 208 valence electrons. The number of hydrogen-bond donors (Lipinski definition) is 2. The fourth-order valence-electron chi connectivity index (χ4n) is 4.86. The largest absolute Gasteiger partial charge is 0.418 e. The van der Waals surface area contributed by atoms with E-state index in [0.29, 0.717) is 6.07 Å².